The molecule has 9 nitrogen and oxygen atoms in total. The Morgan fingerprint density at radius 1 is 1.27 bits per heavy atom. The second-order valence-electron chi connectivity index (χ2n) is 10.8. The summed E-state index contributed by atoms with van der Waals surface area (Å²) in [6.07, 6.45) is 2.63. The molecule has 0 aromatic heterocycles. The molecule has 2 aromatic carbocycles. The van der Waals surface area contributed by atoms with Gasteiger partial charge in [-0.1, -0.05) is 19.1 Å². The lowest BCUT2D eigenvalue weighted by atomic mass is 9.84. The average Bonchev–Trinajstić information content (AvgIpc) is 3.38. The summed E-state index contributed by atoms with van der Waals surface area (Å²) in [5, 5.41) is 20.2. The van der Waals surface area contributed by atoms with E-state index in [1.54, 1.807) is 50.8 Å². The maximum absolute atomic E-state index is 14.1. The number of benzene rings is 2. The molecular formula is C31H36FN5O4. The molecule has 1 aliphatic heterocycles. The summed E-state index contributed by atoms with van der Waals surface area (Å²) in [5.41, 5.74) is 6.02. The Morgan fingerprint density at radius 3 is 2.54 bits per heavy atom. The standard InChI is InChI=1S/C31H36FN5O4/c1-6-23(36-29(39)21-10-12-25(18(2)14-21)41-26(28(35)38)15-19(3)34)30(40)37-24(20-8-7-9-22(32)16-20)11-13-27(37)31(4,5)17-33/h7-10,12,14-16,23-24,27,34H,6,11,13H2,1-5H3,(H2,35,38)(H,36,39)/b26-15+,34-19?/t23-,24+,27-/m1/s1. The van der Waals surface area contributed by atoms with Gasteiger partial charge in [-0.15, -0.1) is 0 Å². The van der Waals surface area contributed by atoms with Crippen molar-refractivity contribution in [3.8, 4) is 11.8 Å². The summed E-state index contributed by atoms with van der Waals surface area (Å²) in [6, 6.07) is 11.2. The van der Waals surface area contributed by atoms with Crippen molar-refractivity contribution < 1.29 is 23.5 Å². The molecule has 3 rings (SSSR count). The van der Waals surface area contributed by atoms with E-state index in [0.29, 0.717) is 30.4 Å². The third-order valence-electron chi connectivity index (χ3n) is 7.25. The highest BCUT2D eigenvalue weighted by molar-refractivity contribution is 6.00. The number of halogens is 1. The van der Waals surface area contributed by atoms with Crippen LogP contribution >= 0.6 is 0 Å². The van der Waals surface area contributed by atoms with Crippen molar-refractivity contribution in [1.29, 1.82) is 10.7 Å². The number of nitrogens with one attached hydrogen (secondary N) is 2. The van der Waals surface area contributed by atoms with E-state index in [2.05, 4.69) is 11.4 Å². The normalized spacial score (nSPS) is 17.9. The number of amides is 3. The molecular weight excluding hydrogens is 525 g/mol. The van der Waals surface area contributed by atoms with Gasteiger partial charge in [0.15, 0.2) is 5.76 Å². The number of carbonyl (C=O) groups is 3. The first-order chi connectivity index (χ1) is 19.3. The highest BCUT2D eigenvalue weighted by Crippen LogP contribution is 2.43. The van der Waals surface area contributed by atoms with Gasteiger partial charge in [-0.3, -0.25) is 14.4 Å². The molecule has 0 unspecified atom stereocenters. The Bertz CT molecular complexity index is 1430. The van der Waals surface area contributed by atoms with E-state index < -0.39 is 41.2 Å². The van der Waals surface area contributed by atoms with Crippen LogP contribution in [0, 0.1) is 34.9 Å². The smallest absolute Gasteiger partial charge is 0.284 e. The zero-order chi connectivity index (χ0) is 30.5. The van der Waals surface area contributed by atoms with E-state index >= 15 is 0 Å². The van der Waals surface area contributed by atoms with Crippen LogP contribution in [-0.2, 0) is 9.59 Å². The minimum absolute atomic E-state index is 0.0840. The largest absolute Gasteiger partial charge is 0.451 e. The lowest BCUT2D eigenvalue weighted by Gasteiger charge is -2.38. The lowest BCUT2D eigenvalue weighted by molar-refractivity contribution is -0.138. The highest BCUT2D eigenvalue weighted by Gasteiger charge is 2.47. The van der Waals surface area contributed by atoms with E-state index in [1.165, 1.54) is 37.3 Å². The monoisotopic (exact) mass is 561 g/mol. The first kappa shape index (κ1) is 31.0. The molecule has 0 radical (unpaired) electrons. The minimum Gasteiger partial charge on any atom is -0.451 e. The number of hydrogen-bond acceptors (Lipinski definition) is 6. The Balaban J connectivity index is 1.86. The number of hydrogen-bond donors (Lipinski definition) is 3. The zero-order valence-electron chi connectivity index (χ0n) is 24.0. The fourth-order valence-corrected chi connectivity index (χ4v) is 5.07. The topological polar surface area (TPSA) is 149 Å². The number of carbonyl (C=O) groups excluding carboxylic acids is 3. The van der Waals surface area contributed by atoms with Crippen molar-refractivity contribution in [2.45, 2.75) is 72.0 Å². The van der Waals surface area contributed by atoms with Crippen LogP contribution in [0.15, 0.2) is 54.3 Å². The maximum Gasteiger partial charge on any atom is 0.284 e. The quantitative estimate of drug-likeness (QED) is 0.218. The molecule has 2 aromatic rings. The molecule has 0 saturated carbocycles. The third-order valence-corrected chi connectivity index (χ3v) is 7.25. The number of allylic oxidation sites excluding steroid dienone is 1. The highest BCUT2D eigenvalue weighted by atomic mass is 19.1. The van der Waals surface area contributed by atoms with Crippen molar-refractivity contribution in [3.05, 3.63) is 76.8 Å². The molecule has 10 heteroatoms. The molecule has 1 fully saturated rings. The summed E-state index contributed by atoms with van der Waals surface area (Å²) < 4.78 is 19.7. The SMILES string of the molecule is CC[C@@H](NC(=O)c1ccc(O/C(=C/C(C)=N)C(N)=O)c(C)c1)C(=O)N1[C@H](c2cccc(F)c2)CC[C@@H]1C(C)(C)C#N. The van der Waals surface area contributed by atoms with Crippen LogP contribution in [0.4, 0.5) is 4.39 Å². The van der Waals surface area contributed by atoms with Crippen LogP contribution in [0.25, 0.3) is 0 Å². The van der Waals surface area contributed by atoms with E-state index in [-0.39, 0.29) is 28.7 Å². The molecule has 0 aliphatic carbocycles. The number of aryl methyl sites for hydroxylation is 1. The van der Waals surface area contributed by atoms with Crippen LogP contribution in [-0.4, -0.2) is 40.4 Å². The number of nitriles is 1. The summed E-state index contributed by atoms with van der Waals surface area (Å²) >= 11 is 0. The van der Waals surface area contributed by atoms with E-state index in [1.807, 2.05) is 0 Å². The van der Waals surface area contributed by atoms with Crippen LogP contribution < -0.4 is 15.8 Å². The van der Waals surface area contributed by atoms with Crippen molar-refractivity contribution >= 4 is 23.4 Å². The minimum atomic E-state index is -0.884. The van der Waals surface area contributed by atoms with Crippen LogP contribution in [0.3, 0.4) is 0 Å². The second kappa shape index (κ2) is 12.8. The van der Waals surface area contributed by atoms with Gasteiger partial charge in [0.1, 0.15) is 17.6 Å². The fourth-order valence-electron chi connectivity index (χ4n) is 5.07. The molecule has 41 heavy (non-hydrogen) atoms. The Hall–Kier alpha value is -4.52. The van der Waals surface area contributed by atoms with Gasteiger partial charge in [0, 0.05) is 17.4 Å². The zero-order valence-corrected chi connectivity index (χ0v) is 24.0. The van der Waals surface area contributed by atoms with Crippen molar-refractivity contribution in [1.82, 2.24) is 10.2 Å². The molecule has 3 atom stereocenters. The molecule has 0 spiro atoms. The maximum atomic E-state index is 14.1. The third kappa shape index (κ3) is 7.17. The predicted octanol–water partition coefficient (Wildman–Crippen LogP) is 4.71. The van der Waals surface area contributed by atoms with Crippen molar-refractivity contribution in [3.63, 3.8) is 0 Å². The molecule has 4 N–H and O–H groups in total. The number of nitrogens with two attached hydrogens (primary N) is 1. The second-order valence-corrected chi connectivity index (χ2v) is 10.8. The van der Waals surface area contributed by atoms with Crippen molar-refractivity contribution in [2.24, 2.45) is 11.1 Å². The summed E-state index contributed by atoms with van der Waals surface area (Å²) in [5.74, 6) is -1.99. The Labute approximate surface area is 239 Å². The van der Waals surface area contributed by atoms with Crippen molar-refractivity contribution in [2.75, 3.05) is 0 Å². The summed E-state index contributed by atoms with van der Waals surface area (Å²) in [7, 11) is 0. The van der Waals surface area contributed by atoms with E-state index in [9.17, 15) is 24.0 Å². The molecule has 1 aliphatic rings. The number of primary amides is 1. The first-order valence-electron chi connectivity index (χ1n) is 13.4. The molecule has 1 heterocycles. The van der Waals surface area contributed by atoms with Gasteiger partial charge in [-0.05, 0) is 88.4 Å². The molecule has 3 amide bonds. The molecule has 0 bridgehead atoms. The van der Waals surface area contributed by atoms with Gasteiger partial charge in [-0.25, -0.2) is 4.39 Å². The van der Waals surface area contributed by atoms with Gasteiger partial charge in [0.25, 0.3) is 11.8 Å². The van der Waals surface area contributed by atoms with Gasteiger partial charge in [-0.2, -0.15) is 5.26 Å². The number of nitrogens with zero attached hydrogens (tertiary/aromatic N) is 2. The van der Waals surface area contributed by atoms with Crippen LogP contribution in [0.5, 0.6) is 5.75 Å². The molecule has 216 valence electrons. The van der Waals surface area contributed by atoms with Gasteiger partial charge < -0.3 is 26.1 Å². The van der Waals surface area contributed by atoms with E-state index in [0.717, 1.165) is 0 Å². The van der Waals surface area contributed by atoms with E-state index in [4.69, 9.17) is 15.9 Å². The van der Waals surface area contributed by atoms with Gasteiger partial charge >= 0.3 is 0 Å². The summed E-state index contributed by atoms with van der Waals surface area (Å²) in [4.78, 5) is 40.6. The fraction of sp³-hybridized carbons (Fsp3) is 0.387. The average molecular weight is 562 g/mol. The first-order valence-corrected chi connectivity index (χ1v) is 13.4. The molecule has 1 saturated heterocycles. The van der Waals surface area contributed by atoms with Crippen LogP contribution in [0.2, 0.25) is 0 Å². The number of rotatable bonds is 10. The predicted molar refractivity (Wildman–Crippen MR) is 152 cm³/mol. The summed E-state index contributed by atoms with van der Waals surface area (Å²) in [6.45, 7) is 8.50. The number of likely N-dealkylation sites (tertiary alicyclic amines) is 1. The van der Waals surface area contributed by atoms with Gasteiger partial charge in [0.05, 0.1) is 23.6 Å². The lowest BCUT2D eigenvalue weighted by Crippen LogP contribution is -2.53. The van der Waals surface area contributed by atoms with Crippen LogP contribution in [0.1, 0.15) is 74.5 Å². The Morgan fingerprint density at radius 2 is 1.98 bits per heavy atom. The number of ether oxygens (including phenoxy) is 1. The Kier molecular flexibility index (Phi) is 9.66. The van der Waals surface area contributed by atoms with Gasteiger partial charge in [0.2, 0.25) is 5.91 Å².